The molecular formula is C21H30N2O4. The molecule has 6 nitrogen and oxygen atoms in total. The molecule has 2 N–H and O–H groups in total. The first-order chi connectivity index (χ1) is 13.0. The molecule has 2 unspecified atom stereocenters. The van der Waals surface area contributed by atoms with E-state index in [4.69, 9.17) is 9.84 Å². The maximum absolute atomic E-state index is 13.1. The summed E-state index contributed by atoms with van der Waals surface area (Å²) in [7, 11) is 1.66. The summed E-state index contributed by atoms with van der Waals surface area (Å²) in [5.74, 6) is 0.289. The highest BCUT2D eigenvalue weighted by molar-refractivity contribution is 5.75. The van der Waals surface area contributed by atoms with Gasteiger partial charge in [-0.1, -0.05) is 25.1 Å². The van der Waals surface area contributed by atoms with Crippen LogP contribution in [0.1, 0.15) is 57.1 Å². The molecule has 1 heterocycles. The van der Waals surface area contributed by atoms with Crippen molar-refractivity contribution < 1.29 is 19.4 Å². The molecule has 2 amide bonds. The summed E-state index contributed by atoms with van der Waals surface area (Å²) in [5, 5.41) is 12.3. The molecule has 1 aliphatic heterocycles. The number of carbonyl (C=O) groups is 2. The number of hydrogen-bond donors (Lipinski definition) is 2. The Hall–Kier alpha value is -2.24. The smallest absolute Gasteiger partial charge is 0.318 e. The van der Waals surface area contributed by atoms with Crippen LogP contribution >= 0.6 is 0 Å². The van der Waals surface area contributed by atoms with Crippen molar-refractivity contribution >= 4 is 12.0 Å². The topological polar surface area (TPSA) is 78.9 Å². The molecule has 0 aromatic heterocycles. The highest BCUT2D eigenvalue weighted by atomic mass is 16.5. The average Bonchev–Trinajstić information content (AvgIpc) is 2.68. The average molecular weight is 374 g/mol. The van der Waals surface area contributed by atoms with E-state index in [1.165, 1.54) is 0 Å². The van der Waals surface area contributed by atoms with E-state index >= 15 is 0 Å². The van der Waals surface area contributed by atoms with Gasteiger partial charge in [0.2, 0.25) is 0 Å². The number of para-hydroxylation sites is 1. The number of benzene rings is 1. The fourth-order valence-corrected chi connectivity index (χ4v) is 4.38. The van der Waals surface area contributed by atoms with Gasteiger partial charge in [-0.15, -0.1) is 0 Å². The van der Waals surface area contributed by atoms with E-state index in [-0.39, 0.29) is 24.0 Å². The van der Waals surface area contributed by atoms with Gasteiger partial charge in [0.15, 0.2) is 0 Å². The largest absolute Gasteiger partial charge is 0.496 e. The van der Waals surface area contributed by atoms with Gasteiger partial charge in [-0.25, -0.2) is 4.79 Å². The lowest BCUT2D eigenvalue weighted by molar-refractivity contribution is -0.142. The molecule has 2 fully saturated rings. The number of ether oxygens (including phenoxy) is 1. The molecule has 1 saturated carbocycles. The molecule has 1 aromatic carbocycles. The maximum Gasteiger partial charge on any atom is 0.318 e. The molecule has 1 saturated heterocycles. The van der Waals surface area contributed by atoms with E-state index in [1.54, 1.807) is 7.11 Å². The fourth-order valence-electron chi connectivity index (χ4n) is 4.38. The Morgan fingerprint density at radius 3 is 2.48 bits per heavy atom. The van der Waals surface area contributed by atoms with Crippen molar-refractivity contribution in [1.29, 1.82) is 0 Å². The van der Waals surface area contributed by atoms with Crippen LogP contribution in [0.4, 0.5) is 4.79 Å². The first-order valence-corrected chi connectivity index (χ1v) is 9.92. The monoisotopic (exact) mass is 374 g/mol. The number of hydrogen-bond acceptors (Lipinski definition) is 3. The SMILES string of the molecule is COc1ccccc1C1CCC(C)CN1C(=O)NC1CCC(C(=O)O)CC1. The van der Waals surface area contributed by atoms with Gasteiger partial charge >= 0.3 is 12.0 Å². The van der Waals surface area contributed by atoms with Gasteiger partial charge in [-0.05, 0) is 50.5 Å². The number of carboxylic acid groups (broad SMARTS) is 1. The van der Waals surface area contributed by atoms with Crippen molar-refractivity contribution in [3.8, 4) is 5.75 Å². The van der Waals surface area contributed by atoms with Gasteiger partial charge < -0.3 is 20.1 Å². The van der Waals surface area contributed by atoms with Gasteiger partial charge in [0, 0.05) is 18.2 Å². The summed E-state index contributed by atoms with van der Waals surface area (Å²) >= 11 is 0. The summed E-state index contributed by atoms with van der Waals surface area (Å²) in [5.41, 5.74) is 1.05. The number of aliphatic carboxylic acids is 1. The normalized spacial score (nSPS) is 28.4. The second kappa shape index (κ2) is 8.63. The van der Waals surface area contributed by atoms with Crippen LogP contribution in [0.5, 0.6) is 5.75 Å². The number of nitrogens with zero attached hydrogens (tertiary/aromatic N) is 1. The van der Waals surface area contributed by atoms with E-state index in [1.807, 2.05) is 29.2 Å². The molecule has 6 heteroatoms. The van der Waals surface area contributed by atoms with Crippen LogP contribution in [0, 0.1) is 11.8 Å². The lowest BCUT2D eigenvalue weighted by atomic mass is 9.86. The molecular weight excluding hydrogens is 344 g/mol. The Balaban J connectivity index is 1.70. The Morgan fingerprint density at radius 2 is 1.81 bits per heavy atom. The Labute approximate surface area is 160 Å². The van der Waals surface area contributed by atoms with Gasteiger partial charge in [0.1, 0.15) is 5.75 Å². The van der Waals surface area contributed by atoms with Crippen molar-refractivity contribution in [3.63, 3.8) is 0 Å². The van der Waals surface area contributed by atoms with Crippen molar-refractivity contribution in [2.45, 2.75) is 57.5 Å². The van der Waals surface area contributed by atoms with Crippen molar-refractivity contribution in [3.05, 3.63) is 29.8 Å². The zero-order valence-electron chi connectivity index (χ0n) is 16.2. The second-order valence-electron chi connectivity index (χ2n) is 7.93. The molecule has 1 aliphatic carbocycles. The first-order valence-electron chi connectivity index (χ1n) is 9.92. The van der Waals surface area contributed by atoms with E-state index in [2.05, 4.69) is 12.2 Å². The quantitative estimate of drug-likeness (QED) is 0.840. The van der Waals surface area contributed by atoms with Crippen LogP contribution in [0.15, 0.2) is 24.3 Å². The molecule has 2 atom stereocenters. The minimum atomic E-state index is -0.721. The molecule has 148 valence electrons. The number of carbonyl (C=O) groups excluding carboxylic acids is 1. The fraction of sp³-hybridized carbons (Fsp3) is 0.619. The van der Waals surface area contributed by atoms with Gasteiger partial charge in [-0.2, -0.15) is 0 Å². The number of carboxylic acids is 1. The molecule has 0 radical (unpaired) electrons. The number of nitrogens with one attached hydrogen (secondary N) is 1. The van der Waals surface area contributed by atoms with Gasteiger partial charge in [0.25, 0.3) is 0 Å². The summed E-state index contributed by atoms with van der Waals surface area (Å²) in [6.07, 6.45) is 4.72. The van der Waals surface area contributed by atoms with Crippen molar-refractivity contribution in [2.75, 3.05) is 13.7 Å². The molecule has 1 aromatic rings. The second-order valence-corrected chi connectivity index (χ2v) is 7.93. The number of amides is 2. The van der Waals surface area contributed by atoms with Crippen LogP contribution in [0.2, 0.25) is 0 Å². The third kappa shape index (κ3) is 4.54. The van der Waals surface area contributed by atoms with E-state index in [0.29, 0.717) is 18.8 Å². The lowest BCUT2D eigenvalue weighted by Crippen LogP contribution is -2.50. The lowest BCUT2D eigenvalue weighted by Gasteiger charge is -2.40. The Bertz CT molecular complexity index is 670. The van der Waals surface area contributed by atoms with Crippen molar-refractivity contribution in [2.24, 2.45) is 11.8 Å². The van der Waals surface area contributed by atoms with Crippen LogP contribution in [0.3, 0.4) is 0 Å². The minimum Gasteiger partial charge on any atom is -0.496 e. The maximum atomic E-state index is 13.1. The highest BCUT2D eigenvalue weighted by Gasteiger charge is 2.34. The predicted octanol–water partition coefficient (Wildman–Crippen LogP) is 3.82. The van der Waals surface area contributed by atoms with Crippen LogP contribution < -0.4 is 10.1 Å². The third-order valence-corrected chi connectivity index (χ3v) is 5.98. The van der Waals surface area contributed by atoms with Gasteiger partial charge in [-0.3, -0.25) is 4.79 Å². The number of piperidine rings is 1. The summed E-state index contributed by atoms with van der Waals surface area (Å²) in [6, 6.07) is 7.93. The third-order valence-electron chi connectivity index (χ3n) is 5.98. The number of methoxy groups -OCH3 is 1. The van der Waals surface area contributed by atoms with E-state index < -0.39 is 5.97 Å². The summed E-state index contributed by atoms with van der Waals surface area (Å²) < 4.78 is 5.52. The molecule has 2 aliphatic rings. The molecule has 3 rings (SSSR count). The Kier molecular flexibility index (Phi) is 6.24. The standard InChI is InChI=1S/C21H30N2O4/c1-14-7-12-18(17-5-3-4-6-19(17)27-2)23(13-14)21(26)22-16-10-8-15(9-11-16)20(24)25/h3-6,14-16,18H,7-13H2,1-2H3,(H,22,26)(H,24,25). The van der Waals surface area contributed by atoms with Crippen molar-refractivity contribution in [1.82, 2.24) is 10.2 Å². The zero-order chi connectivity index (χ0) is 19.4. The highest BCUT2D eigenvalue weighted by Crippen LogP contribution is 2.37. The Morgan fingerprint density at radius 1 is 1.11 bits per heavy atom. The van der Waals surface area contributed by atoms with Gasteiger partial charge in [0.05, 0.1) is 19.1 Å². The summed E-state index contributed by atoms with van der Waals surface area (Å²) in [6.45, 7) is 2.90. The number of urea groups is 1. The molecule has 0 spiro atoms. The van der Waals surface area contributed by atoms with Crippen LogP contribution in [-0.2, 0) is 4.79 Å². The first kappa shape index (κ1) is 19.5. The molecule has 27 heavy (non-hydrogen) atoms. The minimum absolute atomic E-state index is 0.00714. The summed E-state index contributed by atoms with van der Waals surface area (Å²) in [4.78, 5) is 26.1. The molecule has 0 bridgehead atoms. The number of rotatable bonds is 4. The predicted molar refractivity (Wildman–Crippen MR) is 103 cm³/mol. The number of likely N-dealkylation sites (tertiary alicyclic amines) is 1. The zero-order valence-corrected chi connectivity index (χ0v) is 16.2. The van der Waals surface area contributed by atoms with E-state index in [9.17, 15) is 9.59 Å². The van der Waals surface area contributed by atoms with Crippen LogP contribution in [-0.4, -0.2) is 41.7 Å². The van der Waals surface area contributed by atoms with E-state index in [0.717, 1.165) is 43.5 Å². The van der Waals surface area contributed by atoms with Crippen LogP contribution in [0.25, 0.3) is 0 Å².